The molecular formula is C23H31N7O3S. The summed E-state index contributed by atoms with van der Waals surface area (Å²) in [5.74, 6) is 0.340. The second-order valence-electron chi connectivity index (χ2n) is 10.6. The minimum Gasteiger partial charge on any atom is -0.378 e. The molecule has 2 aromatic rings. The van der Waals surface area contributed by atoms with E-state index in [-0.39, 0.29) is 23.6 Å². The van der Waals surface area contributed by atoms with Crippen LogP contribution in [0.1, 0.15) is 36.8 Å². The highest BCUT2D eigenvalue weighted by Crippen LogP contribution is 2.38. The van der Waals surface area contributed by atoms with Crippen LogP contribution in [0.25, 0.3) is 5.65 Å². The number of ether oxygens (including phenoxy) is 2. The molecule has 1 N–H and O–H groups in total. The second kappa shape index (κ2) is 8.06. The van der Waals surface area contributed by atoms with E-state index in [1.807, 2.05) is 15.5 Å². The van der Waals surface area contributed by atoms with Crippen LogP contribution in [0.15, 0.2) is 17.2 Å². The van der Waals surface area contributed by atoms with Crippen molar-refractivity contribution in [2.75, 3.05) is 57.4 Å². The molecule has 10 nitrogen and oxygen atoms in total. The number of rotatable bonds is 5. The van der Waals surface area contributed by atoms with Gasteiger partial charge in [0.2, 0.25) is 5.82 Å². The van der Waals surface area contributed by atoms with Gasteiger partial charge in [-0.3, -0.25) is 18.8 Å². The summed E-state index contributed by atoms with van der Waals surface area (Å²) in [7, 11) is 0. The molecular weight excluding hydrogens is 454 g/mol. The molecule has 4 aliphatic heterocycles. The molecule has 0 aromatic carbocycles. The number of anilines is 1. The Hall–Kier alpha value is -1.92. The van der Waals surface area contributed by atoms with Gasteiger partial charge in [0.1, 0.15) is 0 Å². The van der Waals surface area contributed by atoms with Crippen molar-refractivity contribution in [3.63, 3.8) is 0 Å². The van der Waals surface area contributed by atoms with Gasteiger partial charge in [-0.1, -0.05) is 0 Å². The van der Waals surface area contributed by atoms with Crippen molar-refractivity contribution in [3.05, 3.63) is 18.1 Å². The molecule has 1 amide bonds. The summed E-state index contributed by atoms with van der Waals surface area (Å²) < 4.78 is 17.0. The summed E-state index contributed by atoms with van der Waals surface area (Å²) >= 11 is 1.64. The molecule has 1 aliphatic carbocycles. The number of nitrogens with zero attached hydrogens (tertiary/aromatic N) is 6. The molecule has 0 radical (unpaired) electrons. The monoisotopic (exact) mass is 485 g/mol. The number of likely N-dealkylation sites (tertiary alicyclic amines) is 1. The van der Waals surface area contributed by atoms with Gasteiger partial charge in [0.25, 0.3) is 5.91 Å². The van der Waals surface area contributed by atoms with Gasteiger partial charge < -0.3 is 19.3 Å². The molecule has 6 heterocycles. The van der Waals surface area contributed by atoms with E-state index in [0.29, 0.717) is 25.0 Å². The van der Waals surface area contributed by atoms with Crippen LogP contribution in [0.5, 0.6) is 0 Å². The Kier molecular flexibility index (Phi) is 5.06. The van der Waals surface area contributed by atoms with E-state index in [1.54, 1.807) is 11.9 Å². The Morgan fingerprint density at radius 3 is 2.88 bits per heavy atom. The number of fused-ring (bicyclic) bond motifs is 4. The first-order chi connectivity index (χ1) is 16.6. The van der Waals surface area contributed by atoms with Crippen molar-refractivity contribution >= 4 is 29.2 Å². The van der Waals surface area contributed by atoms with Crippen LogP contribution in [-0.2, 0) is 9.47 Å². The number of hydrogen-bond donors (Lipinski definition) is 1. The van der Waals surface area contributed by atoms with Crippen LogP contribution < -0.4 is 9.62 Å². The Balaban J connectivity index is 1.24. The fraction of sp³-hybridized carbons (Fsp3) is 0.696. The van der Waals surface area contributed by atoms with Crippen LogP contribution in [0.2, 0.25) is 0 Å². The van der Waals surface area contributed by atoms with E-state index in [2.05, 4.69) is 37.7 Å². The minimum atomic E-state index is -0.0518. The average Bonchev–Trinajstić information content (AvgIpc) is 3.24. The van der Waals surface area contributed by atoms with Crippen LogP contribution in [0.4, 0.5) is 5.69 Å². The van der Waals surface area contributed by atoms with Gasteiger partial charge in [0, 0.05) is 49.4 Å². The standard InChI is InChI=1S/C23H31N7O3S/c1-23(2-3-23)26-34-18-9-19(28-5-4-27-6-7-32-13-16(27)10-28)20-24-25-21(30(20)12-18)22(31)29-11-17-8-15(29)14-33-17/h9,12,15-17,26H,2-8,10-11,13-14H2,1H3. The quantitative estimate of drug-likeness (QED) is 0.624. The predicted octanol–water partition coefficient (Wildman–Crippen LogP) is 1.01. The maximum absolute atomic E-state index is 13.5. The summed E-state index contributed by atoms with van der Waals surface area (Å²) in [6.07, 6.45) is 5.47. The number of aromatic nitrogens is 3. The van der Waals surface area contributed by atoms with E-state index >= 15 is 0 Å². The van der Waals surface area contributed by atoms with Crippen molar-refractivity contribution in [2.45, 2.75) is 54.8 Å². The van der Waals surface area contributed by atoms with Crippen molar-refractivity contribution in [3.8, 4) is 0 Å². The number of pyridine rings is 1. The van der Waals surface area contributed by atoms with Crippen LogP contribution in [0.3, 0.4) is 0 Å². The molecule has 11 heteroatoms. The normalized spacial score (nSPS) is 30.2. The topological polar surface area (TPSA) is 87.5 Å². The molecule has 5 fully saturated rings. The van der Waals surface area contributed by atoms with Gasteiger partial charge in [-0.05, 0) is 44.2 Å². The number of amides is 1. The predicted molar refractivity (Wildman–Crippen MR) is 127 cm³/mol. The summed E-state index contributed by atoms with van der Waals surface area (Å²) in [5, 5.41) is 8.94. The first-order valence-corrected chi connectivity index (χ1v) is 13.2. The van der Waals surface area contributed by atoms with Gasteiger partial charge >= 0.3 is 0 Å². The lowest BCUT2D eigenvalue weighted by molar-refractivity contribution is -0.0116. The number of hydrogen-bond acceptors (Lipinski definition) is 9. The average molecular weight is 486 g/mol. The zero-order valence-electron chi connectivity index (χ0n) is 19.5. The van der Waals surface area contributed by atoms with Crippen molar-refractivity contribution in [1.82, 2.24) is 29.1 Å². The highest BCUT2D eigenvalue weighted by Gasteiger charge is 2.43. The number of carbonyl (C=O) groups excluding carboxylic acids is 1. The maximum atomic E-state index is 13.5. The largest absolute Gasteiger partial charge is 0.378 e. The molecule has 5 aliphatic rings. The summed E-state index contributed by atoms with van der Waals surface area (Å²) in [6.45, 7) is 8.90. The molecule has 4 saturated heterocycles. The molecule has 2 aromatic heterocycles. The van der Waals surface area contributed by atoms with E-state index in [0.717, 1.165) is 62.0 Å². The zero-order valence-corrected chi connectivity index (χ0v) is 20.3. The zero-order chi connectivity index (χ0) is 22.9. The highest BCUT2D eigenvalue weighted by atomic mass is 32.2. The van der Waals surface area contributed by atoms with Crippen molar-refractivity contribution in [2.24, 2.45) is 0 Å². The summed E-state index contributed by atoms with van der Waals surface area (Å²) in [5.41, 5.74) is 1.98. The highest BCUT2D eigenvalue weighted by molar-refractivity contribution is 7.97. The number of morpholine rings is 2. The van der Waals surface area contributed by atoms with Crippen molar-refractivity contribution in [1.29, 1.82) is 0 Å². The number of carbonyl (C=O) groups is 1. The lowest BCUT2D eigenvalue weighted by atomic mass is 10.1. The molecule has 7 rings (SSSR count). The number of piperazine rings is 1. The lowest BCUT2D eigenvalue weighted by Crippen LogP contribution is -2.58. The summed E-state index contributed by atoms with van der Waals surface area (Å²) in [6, 6.07) is 2.73. The number of nitrogens with one attached hydrogen (secondary N) is 1. The smallest absolute Gasteiger partial charge is 0.292 e. The second-order valence-corrected chi connectivity index (χ2v) is 11.4. The van der Waals surface area contributed by atoms with Crippen molar-refractivity contribution < 1.29 is 14.3 Å². The Morgan fingerprint density at radius 2 is 2.09 bits per heavy atom. The first kappa shape index (κ1) is 21.4. The van der Waals surface area contributed by atoms with Crippen LogP contribution >= 0.6 is 11.9 Å². The molecule has 3 unspecified atom stereocenters. The maximum Gasteiger partial charge on any atom is 0.292 e. The van der Waals surface area contributed by atoms with Gasteiger partial charge in [-0.25, -0.2) is 0 Å². The lowest BCUT2D eigenvalue weighted by Gasteiger charge is -2.44. The van der Waals surface area contributed by atoms with E-state index < -0.39 is 0 Å². The Labute approximate surface area is 203 Å². The first-order valence-electron chi connectivity index (χ1n) is 12.4. The molecule has 182 valence electrons. The van der Waals surface area contributed by atoms with Gasteiger partial charge in [0.05, 0.1) is 43.7 Å². The molecule has 0 spiro atoms. The van der Waals surface area contributed by atoms with Crippen LogP contribution in [0, 0.1) is 0 Å². The minimum absolute atomic E-state index is 0.0518. The fourth-order valence-electron chi connectivity index (χ4n) is 5.60. The molecule has 3 atom stereocenters. The molecule has 2 bridgehead atoms. The third-order valence-electron chi connectivity index (χ3n) is 8.01. The van der Waals surface area contributed by atoms with E-state index in [9.17, 15) is 4.79 Å². The SMILES string of the molecule is CC1(NSc2cc(N3CCN4CCOCC4C3)c3nnc(C(=O)N4CC5CC4CO5)n3c2)CC1. The molecule has 1 saturated carbocycles. The fourth-order valence-corrected chi connectivity index (χ4v) is 6.50. The van der Waals surface area contributed by atoms with Gasteiger partial charge in [-0.15, -0.1) is 10.2 Å². The van der Waals surface area contributed by atoms with E-state index in [1.165, 1.54) is 12.8 Å². The third-order valence-corrected chi connectivity index (χ3v) is 9.06. The van der Waals surface area contributed by atoms with E-state index in [4.69, 9.17) is 9.47 Å². The summed E-state index contributed by atoms with van der Waals surface area (Å²) in [4.78, 5) is 21.4. The van der Waals surface area contributed by atoms with Crippen LogP contribution in [-0.4, -0.2) is 107 Å². The molecule has 34 heavy (non-hydrogen) atoms. The Morgan fingerprint density at radius 1 is 1.18 bits per heavy atom. The van der Waals surface area contributed by atoms with Gasteiger partial charge in [0.15, 0.2) is 5.65 Å². The Bertz CT molecular complexity index is 1120. The third kappa shape index (κ3) is 3.69. The van der Waals surface area contributed by atoms with Gasteiger partial charge in [-0.2, -0.15) is 0 Å².